The fourth-order valence-corrected chi connectivity index (χ4v) is 4.23. The number of anilines is 1. The average molecular weight is 497 g/mol. The van der Waals surface area contributed by atoms with Crippen molar-refractivity contribution in [3.8, 4) is 22.8 Å². The summed E-state index contributed by atoms with van der Waals surface area (Å²) in [6.45, 7) is 0.873. The third-order valence-electron chi connectivity index (χ3n) is 6.23. The van der Waals surface area contributed by atoms with E-state index in [-0.39, 0.29) is 19.2 Å². The molecule has 1 atom stereocenters. The first-order chi connectivity index (χ1) is 18.0. The fraction of sp³-hybridized carbons (Fsp3) is 0.207. The van der Waals surface area contributed by atoms with Gasteiger partial charge in [0.05, 0.1) is 23.9 Å². The zero-order valence-electron chi connectivity index (χ0n) is 20.7. The molecule has 1 aliphatic heterocycles. The highest BCUT2D eigenvalue weighted by Gasteiger charge is 2.24. The number of nitrogens with zero attached hydrogens (tertiary/aromatic N) is 4. The number of aliphatic hydroxyl groups excluding tert-OH is 1. The minimum atomic E-state index is -0.902. The summed E-state index contributed by atoms with van der Waals surface area (Å²) in [5.41, 5.74) is 3.49. The Hall–Kier alpha value is -4.43. The minimum absolute atomic E-state index is 0.0857. The van der Waals surface area contributed by atoms with Gasteiger partial charge in [0.2, 0.25) is 12.7 Å². The van der Waals surface area contributed by atoms with Gasteiger partial charge in [0.15, 0.2) is 11.5 Å². The number of carbonyl (C=O) groups excluding carboxylic acids is 1. The molecule has 0 saturated carbocycles. The number of hydrogen-bond donors (Lipinski definition) is 1. The molecule has 1 aliphatic rings. The van der Waals surface area contributed by atoms with Gasteiger partial charge in [0.1, 0.15) is 0 Å². The van der Waals surface area contributed by atoms with Crippen molar-refractivity contribution in [3.63, 3.8) is 0 Å². The van der Waals surface area contributed by atoms with Crippen molar-refractivity contribution < 1.29 is 19.4 Å². The lowest BCUT2D eigenvalue weighted by Gasteiger charge is -2.23. The Balaban J connectivity index is 1.39. The maximum Gasteiger partial charge on any atom is 0.257 e. The number of rotatable bonds is 8. The number of aromatic nitrogens is 2. The molecule has 1 amide bonds. The molecule has 0 bridgehead atoms. The third-order valence-corrected chi connectivity index (χ3v) is 6.23. The summed E-state index contributed by atoms with van der Waals surface area (Å²) in [7, 11) is 3.58. The topological polar surface area (TPSA) is 88.0 Å². The predicted molar refractivity (Wildman–Crippen MR) is 141 cm³/mol. The van der Waals surface area contributed by atoms with Crippen LogP contribution in [0.5, 0.6) is 11.5 Å². The summed E-state index contributed by atoms with van der Waals surface area (Å²) >= 11 is 0. The highest BCUT2D eigenvalue weighted by molar-refractivity contribution is 5.99. The molecular weight excluding hydrogens is 468 g/mol. The van der Waals surface area contributed by atoms with Gasteiger partial charge in [-0.15, -0.1) is 0 Å². The number of benzene rings is 3. The van der Waals surface area contributed by atoms with Crippen LogP contribution in [0.1, 0.15) is 27.6 Å². The predicted octanol–water partition coefficient (Wildman–Crippen LogP) is 4.31. The molecule has 1 N–H and O–H groups in total. The highest BCUT2D eigenvalue weighted by Crippen LogP contribution is 2.34. The van der Waals surface area contributed by atoms with Crippen molar-refractivity contribution in [1.29, 1.82) is 0 Å². The van der Waals surface area contributed by atoms with Gasteiger partial charge in [-0.1, -0.05) is 66.7 Å². The average Bonchev–Trinajstić information content (AvgIpc) is 3.41. The molecular formula is C29H28N4O4. The molecule has 0 aliphatic carbocycles. The molecule has 4 aromatic rings. The quantitative estimate of drug-likeness (QED) is 0.389. The lowest BCUT2D eigenvalue weighted by Crippen LogP contribution is -2.32. The maximum absolute atomic E-state index is 13.5. The van der Waals surface area contributed by atoms with Gasteiger partial charge in [0.25, 0.3) is 5.91 Å². The molecule has 8 heteroatoms. The second-order valence-electron chi connectivity index (χ2n) is 8.95. The standard InChI is InChI=1S/C29H28N4O4/c1-32(18-24(34)22-13-14-25-26(15-22)37-19-36-25)28(35)23-16-30-29(31-27(23)21-11-7-4-8-12-21)33(2)17-20-9-5-3-6-10-20/h3-16,24,34H,17-19H2,1-2H3. The molecule has 0 saturated heterocycles. The van der Waals surface area contributed by atoms with Gasteiger partial charge >= 0.3 is 0 Å². The Bertz CT molecular complexity index is 1380. The van der Waals surface area contributed by atoms with Crippen molar-refractivity contribution in [1.82, 2.24) is 14.9 Å². The summed E-state index contributed by atoms with van der Waals surface area (Å²) in [5, 5.41) is 10.8. The van der Waals surface area contributed by atoms with E-state index in [0.717, 1.165) is 11.1 Å². The summed E-state index contributed by atoms with van der Waals surface area (Å²) < 4.78 is 10.7. The van der Waals surface area contributed by atoms with Gasteiger partial charge in [-0.2, -0.15) is 0 Å². The number of fused-ring (bicyclic) bond motifs is 1. The molecule has 5 rings (SSSR count). The Morgan fingerprint density at radius 3 is 2.43 bits per heavy atom. The van der Waals surface area contributed by atoms with Crippen LogP contribution in [-0.4, -0.2) is 53.3 Å². The molecule has 0 spiro atoms. The zero-order valence-corrected chi connectivity index (χ0v) is 20.7. The smallest absolute Gasteiger partial charge is 0.257 e. The van der Waals surface area contributed by atoms with Gasteiger partial charge in [-0.25, -0.2) is 9.97 Å². The van der Waals surface area contributed by atoms with E-state index in [4.69, 9.17) is 14.5 Å². The van der Waals surface area contributed by atoms with Crippen molar-refractivity contribution >= 4 is 11.9 Å². The molecule has 3 aromatic carbocycles. The summed E-state index contributed by atoms with van der Waals surface area (Å²) in [4.78, 5) is 26.3. The Labute approximate surface area is 215 Å². The van der Waals surface area contributed by atoms with Crippen LogP contribution in [0.25, 0.3) is 11.3 Å². The van der Waals surface area contributed by atoms with E-state index in [0.29, 0.717) is 40.8 Å². The Morgan fingerprint density at radius 2 is 1.68 bits per heavy atom. The first kappa shape index (κ1) is 24.3. The number of aliphatic hydroxyl groups is 1. The number of hydrogen-bond acceptors (Lipinski definition) is 7. The number of likely N-dealkylation sites (N-methyl/N-ethyl adjacent to an activating group) is 1. The summed E-state index contributed by atoms with van der Waals surface area (Å²) in [5.74, 6) is 1.46. The van der Waals surface area contributed by atoms with Crippen LogP contribution in [0.3, 0.4) is 0 Å². The monoisotopic (exact) mass is 496 g/mol. The lowest BCUT2D eigenvalue weighted by atomic mass is 10.1. The van der Waals surface area contributed by atoms with E-state index in [2.05, 4.69) is 4.98 Å². The van der Waals surface area contributed by atoms with Crippen LogP contribution >= 0.6 is 0 Å². The Morgan fingerprint density at radius 1 is 0.973 bits per heavy atom. The van der Waals surface area contributed by atoms with E-state index >= 15 is 0 Å². The second-order valence-corrected chi connectivity index (χ2v) is 8.95. The largest absolute Gasteiger partial charge is 0.454 e. The van der Waals surface area contributed by atoms with E-state index in [1.165, 1.54) is 4.90 Å². The fourth-order valence-electron chi connectivity index (χ4n) is 4.23. The zero-order chi connectivity index (χ0) is 25.8. The van der Waals surface area contributed by atoms with Gasteiger partial charge in [-0.3, -0.25) is 4.79 Å². The van der Waals surface area contributed by atoms with Crippen molar-refractivity contribution in [2.24, 2.45) is 0 Å². The maximum atomic E-state index is 13.5. The number of ether oxygens (including phenoxy) is 2. The van der Waals surface area contributed by atoms with Crippen LogP contribution in [0, 0.1) is 0 Å². The summed E-state index contributed by atoms with van der Waals surface area (Å²) in [6, 6.07) is 24.9. The molecule has 37 heavy (non-hydrogen) atoms. The molecule has 0 radical (unpaired) electrons. The second kappa shape index (κ2) is 10.7. The number of amides is 1. The normalized spacial score (nSPS) is 12.7. The van der Waals surface area contributed by atoms with E-state index in [9.17, 15) is 9.90 Å². The third kappa shape index (κ3) is 5.39. The molecule has 1 aromatic heterocycles. The molecule has 0 fully saturated rings. The molecule has 1 unspecified atom stereocenters. The first-order valence-corrected chi connectivity index (χ1v) is 12.0. The van der Waals surface area contributed by atoms with Crippen LogP contribution in [0.15, 0.2) is 85.1 Å². The van der Waals surface area contributed by atoms with E-state index in [1.54, 1.807) is 31.4 Å². The Kier molecular flexibility index (Phi) is 7.00. The minimum Gasteiger partial charge on any atom is -0.454 e. The van der Waals surface area contributed by atoms with E-state index in [1.807, 2.05) is 72.6 Å². The van der Waals surface area contributed by atoms with Crippen LogP contribution in [0.2, 0.25) is 0 Å². The van der Waals surface area contributed by atoms with Crippen molar-refractivity contribution in [2.75, 3.05) is 32.3 Å². The first-order valence-electron chi connectivity index (χ1n) is 12.0. The van der Waals surface area contributed by atoms with Gasteiger partial charge in [0, 0.05) is 32.4 Å². The lowest BCUT2D eigenvalue weighted by molar-refractivity contribution is 0.0681. The van der Waals surface area contributed by atoms with Crippen LogP contribution in [0.4, 0.5) is 5.95 Å². The summed E-state index contributed by atoms with van der Waals surface area (Å²) in [6.07, 6.45) is 0.665. The van der Waals surface area contributed by atoms with Gasteiger partial charge < -0.3 is 24.4 Å². The van der Waals surface area contributed by atoms with Crippen molar-refractivity contribution in [3.05, 3.63) is 102 Å². The molecule has 2 heterocycles. The van der Waals surface area contributed by atoms with Gasteiger partial charge in [-0.05, 0) is 23.3 Å². The van der Waals surface area contributed by atoms with Crippen LogP contribution in [-0.2, 0) is 6.54 Å². The number of carbonyl (C=O) groups is 1. The highest BCUT2D eigenvalue weighted by atomic mass is 16.7. The molecule has 188 valence electrons. The molecule has 8 nitrogen and oxygen atoms in total. The van der Waals surface area contributed by atoms with E-state index < -0.39 is 6.10 Å². The van der Waals surface area contributed by atoms with Crippen molar-refractivity contribution in [2.45, 2.75) is 12.6 Å². The SMILES string of the molecule is CN(CC(O)c1ccc2c(c1)OCO2)C(=O)c1cnc(N(C)Cc2ccccc2)nc1-c1ccccc1. The van der Waals surface area contributed by atoms with Crippen LogP contribution < -0.4 is 14.4 Å².